The highest BCUT2D eigenvalue weighted by molar-refractivity contribution is 6.33. The number of aromatic nitrogens is 1. The molecule has 1 aromatic carbocycles. The molecule has 0 spiro atoms. The molecule has 0 unspecified atom stereocenters. The van der Waals surface area contributed by atoms with Crippen molar-refractivity contribution in [2.75, 3.05) is 11.4 Å². The van der Waals surface area contributed by atoms with Gasteiger partial charge in [0, 0.05) is 24.3 Å². The second-order valence-electron chi connectivity index (χ2n) is 3.86. The molecule has 0 saturated carbocycles. The van der Waals surface area contributed by atoms with Crippen LogP contribution in [0.2, 0.25) is 5.02 Å². The maximum absolute atomic E-state index is 6.27. The van der Waals surface area contributed by atoms with Crippen molar-refractivity contribution in [3.63, 3.8) is 0 Å². The van der Waals surface area contributed by atoms with E-state index < -0.39 is 0 Å². The van der Waals surface area contributed by atoms with Crippen LogP contribution in [0.15, 0.2) is 42.6 Å². The molecular formula is C14H14Cl2N2. The number of alkyl halides is 1. The zero-order chi connectivity index (χ0) is 13.0. The van der Waals surface area contributed by atoms with Crippen molar-refractivity contribution in [3.05, 3.63) is 53.2 Å². The van der Waals surface area contributed by atoms with E-state index in [4.69, 9.17) is 23.2 Å². The number of para-hydroxylation sites is 1. The summed E-state index contributed by atoms with van der Waals surface area (Å²) >= 11 is 12.0. The Kier molecular flexibility index (Phi) is 4.45. The Hall–Kier alpha value is -1.25. The average Bonchev–Trinajstić information content (AvgIpc) is 2.42. The Labute approximate surface area is 117 Å². The van der Waals surface area contributed by atoms with E-state index >= 15 is 0 Å². The Balaban J connectivity index is 2.39. The summed E-state index contributed by atoms with van der Waals surface area (Å²) in [6, 6.07) is 11.9. The van der Waals surface area contributed by atoms with E-state index in [0.717, 1.165) is 23.6 Å². The zero-order valence-corrected chi connectivity index (χ0v) is 11.6. The Morgan fingerprint density at radius 3 is 2.50 bits per heavy atom. The lowest BCUT2D eigenvalue weighted by atomic mass is 10.2. The first-order chi connectivity index (χ1) is 8.76. The van der Waals surface area contributed by atoms with Gasteiger partial charge >= 0.3 is 0 Å². The monoisotopic (exact) mass is 280 g/mol. The van der Waals surface area contributed by atoms with E-state index in [1.54, 1.807) is 6.20 Å². The van der Waals surface area contributed by atoms with Gasteiger partial charge < -0.3 is 4.90 Å². The van der Waals surface area contributed by atoms with Crippen LogP contribution in [-0.2, 0) is 5.88 Å². The lowest BCUT2D eigenvalue weighted by molar-refractivity contribution is 0.986. The van der Waals surface area contributed by atoms with Gasteiger partial charge in [-0.25, -0.2) is 4.98 Å². The van der Waals surface area contributed by atoms with Gasteiger partial charge in [-0.15, -0.1) is 11.6 Å². The summed E-state index contributed by atoms with van der Waals surface area (Å²) in [4.78, 5) is 6.48. The minimum absolute atomic E-state index is 0.421. The maximum Gasteiger partial charge on any atom is 0.151 e. The predicted octanol–water partition coefficient (Wildman–Crippen LogP) is 4.63. The molecular weight excluding hydrogens is 267 g/mol. The van der Waals surface area contributed by atoms with Crippen LogP contribution < -0.4 is 4.90 Å². The van der Waals surface area contributed by atoms with Crippen molar-refractivity contribution in [2.24, 2.45) is 0 Å². The number of pyridine rings is 1. The Morgan fingerprint density at radius 2 is 1.94 bits per heavy atom. The highest BCUT2D eigenvalue weighted by Gasteiger charge is 2.12. The SMILES string of the molecule is CCN(c1ccccc1)c1ncc(CCl)cc1Cl. The highest BCUT2D eigenvalue weighted by atomic mass is 35.5. The predicted molar refractivity (Wildman–Crippen MR) is 77.9 cm³/mol. The Bertz CT molecular complexity index is 514. The quantitative estimate of drug-likeness (QED) is 0.759. The first-order valence-electron chi connectivity index (χ1n) is 5.79. The van der Waals surface area contributed by atoms with Crippen molar-refractivity contribution < 1.29 is 0 Å². The van der Waals surface area contributed by atoms with Gasteiger partial charge in [0.25, 0.3) is 0 Å². The molecule has 0 aliphatic heterocycles. The second-order valence-corrected chi connectivity index (χ2v) is 4.54. The molecule has 0 N–H and O–H groups in total. The molecule has 0 saturated heterocycles. The fraction of sp³-hybridized carbons (Fsp3) is 0.214. The largest absolute Gasteiger partial charge is 0.325 e. The van der Waals surface area contributed by atoms with Crippen LogP contribution in [0.4, 0.5) is 11.5 Å². The number of benzene rings is 1. The van der Waals surface area contributed by atoms with Gasteiger partial charge in [-0.2, -0.15) is 0 Å². The van der Waals surface area contributed by atoms with Gasteiger partial charge in [0.1, 0.15) is 0 Å². The lowest BCUT2D eigenvalue weighted by Gasteiger charge is -2.23. The normalized spacial score (nSPS) is 10.4. The maximum atomic E-state index is 6.27. The van der Waals surface area contributed by atoms with E-state index in [9.17, 15) is 0 Å². The van der Waals surface area contributed by atoms with Crippen LogP contribution in [0.1, 0.15) is 12.5 Å². The summed E-state index contributed by atoms with van der Waals surface area (Å²) in [5.74, 6) is 1.18. The molecule has 0 atom stereocenters. The molecule has 2 rings (SSSR count). The molecule has 0 radical (unpaired) electrons. The third kappa shape index (κ3) is 2.77. The van der Waals surface area contributed by atoms with Crippen LogP contribution in [0.25, 0.3) is 0 Å². The number of hydrogen-bond acceptors (Lipinski definition) is 2. The molecule has 0 bridgehead atoms. The number of anilines is 2. The van der Waals surface area contributed by atoms with E-state index in [-0.39, 0.29) is 0 Å². The summed E-state index contributed by atoms with van der Waals surface area (Å²) in [5.41, 5.74) is 2.00. The topological polar surface area (TPSA) is 16.1 Å². The molecule has 2 nitrogen and oxygen atoms in total. The molecule has 94 valence electrons. The summed E-state index contributed by atoms with van der Waals surface area (Å²) < 4.78 is 0. The number of halogens is 2. The first kappa shape index (κ1) is 13.2. The number of hydrogen-bond donors (Lipinski definition) is 0. The molecule has 2 aromatic rings. The van der Waals surface area contributed by atoms with Crippen molar-refractivity contribution in [3.8, 4) is 0 Å². The van der Waals surface area contributed by atoms with Gasteiger partial charge in [-0.1, -0.05) is 29.8 Å². The van der Waals surface area contributed by atoms with Gasteiger partial charge in [-0.3, -0.25) is 0 Å². The van der Waals surface area contributed by atoms with Crippen molar-refractivity contribution in [1.29, 1.82) is 0 Å². The van der Waals surface area contributed by atoms with E-state index in [1.807, 2.05) is 36.4 Å². The third-order valence-electron chi connectivity index (χ3n) is 2.67. The van der Waals surface area contributed by atoms with E-state index in [1.165, 1.54) is 0 Å². The van der Waals surface area contributed by atoms with E-state index in [0.29, 0.717) is 10.9 Å². The van der Waals surface area contributed by atoms with Gasteiger partial charge in [0.05, 0.1) is 5.02 Å². The molecule has 1 heterocycles. The minimum Gasteiger partial charge on any atom is -0.325 e. The molecule has 18 heavy (non-hydrogen) atoms. The summed E-state index contributed by atoms with van der Waals surface area (Å²) in [7, 11) is 0. The zero-order valence-electron chi connectivity index (χ0n) is 10.1. The van der Waals surface area contributed by atoms with Gasteiger partial charge in [0.2, 0.25) is 0 Å². The molecule has 0 aliphatic carbocycles. The first-order valence-corrected chi connectivity index (χ1v) is 6.70. The van der Waals surface area contributed by atoms with Crippen LogP contribution in [0.3, 0.4) is 0 Å². The average molecular weight is 281 g/mol. The highest BCUT2D eigenvalue weighted by Crippen LogP contribution is 2.30. The summed E-state index contributed by atoms with van der Waals surface area (Å²) in [5, 5.41) is 0.624. The van der Waals surface area contributed by atoms with Crippen LogP contribution in [0, 0.1) is 0 Å². The summed E-state index contributed by atoms with van der Waals surface area (Å²) in [6.45, 7) is 2.87. The van der Waals surface area contributed by atoms with Gasteiger partial charge in [-0.05, 0) is 30.7 Å². The minimum atomic E-state index is 0.421. The van der Waals surface area contributed by atoms with E-state index in [2.05, 4.69) is 16.8 Å². The molecule has 0 amide bonds. The number of rotatable bonds is 4. The summed E-state index contributed by atoms with van der Waals surface area (Å²) in [6.07, 6.45) is 1.76. The second kappa shape index (κ2) is 6.07. The van der Waals surface area contributed by atoms with Crippen LogP contribution >= 0.6 is 23.2 Å². The Morgan fingerprint density at radius 1 is 1.22 bits per heavy atom. The third-order valence-corrected chi connectivity index (χ3v) is 3.26. The molecule has 0 fully saturated rings. The lowest BCUT2D eigenvalue weighted by Crippen LogP contribution is -2.17. The van der Waals surface area contributed by atoms with Crippen molar-refractivity contribution in [1.82, 2.24) is 4.98 Å². The molecule has 4 heteroatoms. The fourth-order valence-electron chi connectivity index (χ4n) is 1.80. The smallest absolute Gasteiger partial charge is 0.151 e. The molecule has 0 aliphatic rings. The fourth-order valence-corrected chi connectivity index (χ4v) is 2.24. The molecule has 1 aromatic heterocycles. The van der Waals surface area contributed by atoms with Crippen molar-refractivity contribution >= 4 is 34.7 Å². The van der Waals surface area contributed by atoms with Gasteiger partial charge in [0.15, 0.2) is 5.82 Å². The van der Waals surface area contributed by atoms with Crippen LogP contribution in [-0.4, -0.2) is 11.5 Å². The standard InChI is InChI=1S/C14H14Cl2N2/c1-2-18(12-6-4-3-5-7-12)14-13(16)8-11(9-15)10-17-14/h3-8,10H,2,9H2,1H3. The van der Waals surface area contributed by atoms with Crippen LogP contribution in [0.5, 0.6) is 0 Å². The van der Waals surface area contributed by atoms with Crippen molar-refractivity contribution in [2.45, 2.75) is 12.8 Å². The number of nitrogens with zero attached hydrogens (tertiary/aromatic N) is 2.